The fourth-order valence-corrected chi connectivity index (χ4v) is 4.10. The molecule has 0 aromatic carbocycles. The first kappa shape index (κ1) is 17.0. The third kappa shape index (κ3) is 3.06. The van der Waals surface area contributed by atoms with Gasteiger partial charge < -0.3 is 9.80 Å². The molecule has 0 aliphatic carbocycles. The van der Waals surface area contributed by atoms with E-state index in [1.54, 1.807) is 18.5 Å². The van der Waals surface area contributed by atoms with E-state index in [-0.39, 0.29) is 11.7 Å². The molecule has 0 amide bonds. The summed E-state index contributed by atoms with van der Waals surface area (Å²) in [5.74, 6) is 1.64. The van der Waals surface area contributed by atoms with E-state index >= 15 is 0 Å². The highest BCUT2D eigenvalue weighted by molar-refractivity contribution is 5.98. The van der Waals surface area contributed by atoms with E-state index in [2.05, 4.69) is 30.1 Å². The van der Waals surface area contributed by atoms with Gasteiger partial charge in [0.05, 0.1) is 0 Å². The molecule has 9 nitrogen and oxygen atoms in total. The van der Waals surface area contributed by atoms with Gasteiger partial charge >= 0.3 is 0 Å². The Labute approximate surface area is 161 Å². The molecular formula is C19H21N7O2. The van der Waals surface area contributed by atoms with Crippen LogP contribution in [0.5, 0.6) is 0 Å². The number of hydrogen-bond acceptors (Lipinski definition) is 9. The van der Waals surface area contributed by atoms with Gasteiger partial charge in [-0.3, -0.25) is 9.78 Å². The van der Waals surface area contributed by atoms with Gasteiger partial charge in [-0.2, -0.15) is 0 Å². The van der Waals surface area contributed by atoms with Crippen LogP contribution in [0.1, 0.15) is 36.0 Å². The number of carbonyl (C=O) groups excluding carboxylic acids is 1. The molecule has 5 rings (SSSR count). The molecule has 3 aromatic heterocycles. The normalized spacial score (nSPS) is 20.1. The number of pyridine rings is 1. The highest BCUT2D eigenvalue weighted by Crippen LogP contribution is 2.33. The van der Waals surface area contributed by atoms with Gasteiger partial charge in [-0.25, -0.2) is 14.6 Å². The standard InChI is InChI=1S/C19H21N7O2/c27-15(13-5-3-7-20-11-13)14-6-4-10-26(12-14)19-18(25-8-1-2-9-25)21-16-17(22-19)24-28-23-16/h3,5,7,11,14H,1-2,4,6,8-10,12H2. The average molecular weight is 379 g/mol. The number of rotatable bonds is 4. The summed E-state index contributed by atoms with van der Waals surface area (Å²) in [7, 11) is 0. The minimum absolute atomic E-state index is 0.0858. The minimum atomic E-state index is -0.0858. The summed E-state index contributed by atoms with van der Waals surface area (Å²) in [5.41, 5.74) is 1.49. The van der Waals surface area contributed by atoms with Crippen molar-refractivity contribution in [2.45, 2.75) is 25.7 Å². The van der Waals surface area contributed by atoms with Gasteiger partial charge in [0.15, 0.2) is 17.4 Å². The second-order valence-electron chi connectivity index (χ2n) is 7.37. The quantitative estimate of drug-likeness (QED) is 0.631. The van der Waals surface area contributed by atoms with Crippen molar-refractivity contribution >= 4 is 28.7 Å². The summed E-state index contributed by atoms with van der Waals surface area (Å²) >= 11 is 0. The number of carbonyl (C=O) groups is 1. The lowest BCUT2D eigenvalue weighted by Gasteiger charge is -2.34. The van der Waals surface area contributed by atoms with Crippen molar-refractivity contribution in [3.8, 4) is 0 Å². The highest BCUT2D eigenvalue weighted by atomic mass is 16.6. The summed E-state index contributed by atoms with van der Waals surface area (Å²) in [5, 5.41) is 7.72. The molecule has 0 N–H and O–H groups in total. The van der Waals surface area contributed by atoms with E-state index in [4.69, 9.17) is 9.61 Å². The Balaban J connectivity index is 1.47. The van der Waals surface area contributed by atoms with Gasteiger partial charge in [-0.05, 0) is 48.1 Å². The second kappa shape index (κ2) is 7.14. The van der Waals surface area contributed by atoms with Gasteiger partial charge in [0.25, 0.3) is 0 Å². The number of anilines is 2. The van der Waals surface area contributed by atoms with E-state index in [0.29, 0.717) is 23.4 Å². The van der Waals surface area contributed by atoms with Gasteiger partial charge in [0.2, 0.25) is 11.3 Å². The molecule has 2 saturated heterocycles. The van der Waals surface area contributed by atoms with Crippen molar-refractivity contribution < 1.29 is 9.42 Å². The molecule has 2 fully saturated rings. The molecule has 0 bridgehead atoms. The second-order valence-corrected chi connectivity index (χ2v) is 7.37. The van der Waals surface area contributed by atoms with Crippen LogP contribution >= 0.6 is 0 Å². The number of fused-ring (bicyclic) bond motifs is 1. The lowest BCUT2D eigenvalue weighted by molar-refractivity contribution is 0.0906. The molecule has 144 valence electrons. The molecule has 9 heteroatoms. The van der Waals surface area contributed by atoms with Crippen LogP contribution in [0.4, 0.5) is 11.6 Å². The van der Waals surface area contributed by atoms with Gasteiger partial charge in [-0.15, -0.1) is 0 Å². The number of piperidine rings is 1. The van der Waals surface area contributed by atoms with E-state index in [1.807, 2.05) is 6.07 Å². The molecule has 0 radical (unpaired) electrons. The van der Waals surface area contributed by atoms with E-state index < -0.39 is 0 Å². The van der Waals surface area contributed by atoms with E-state index in [9.17, 15) is 4.79 Å². The zero-order valence-electron chi connectivity index (χ0n) is 15.5. The topological polar surface area (TPSA) is 101 Å². The Morgan fingerprint density at radius 2 is 1.71 bits per heavy atom. The SMILES string of the molecule is O=C(c1cccnc1)C1CCCN(c2nc3nonc3nc2N2CCCC2)C1. The predicted molar refractivity (Wildman–Crippen MR) is 102 cm³/mol. The Morgan fingerprint density at radius 3 is 2.43 bits per heavy atom. The van der Waals surface area contributed by atoms with Crippen LogP contribution in [0.15, 0.2) is 29.2 Å². The van der Waals surface area contributed by atoms with Crippen molar-refractivity contribution in [2.24, 2.45) is 5.92 Å². The molecule has 5 heterocycles. The lowest BCUT2D eigenvalue weighted by Crippen LogP contribution is -2.40. The van der Waals surface area contributed by atoms with Crippen LogP contribution in [0.25, 0.3) is 11.3 Å². The predicted octanol–water partition coefficient (Wildman–Crippen LogP) is 2.11. The van der Waals surface area contributed by atoms with Gasteiger partial charge in [0, 0.05) is 50.1 Å². The van der Waals surface area contributed by atoms with E-state index in [1.165, 1.54) is 0 Å². The highest BCUT2D eigenvalue weighted by Gasteiger charge is 2.31. The van der Waals surface area contributed by atoms with Gasteiger partial charge in [-0.1, -0.05) is 0 Å². The Morgan fingerprint density at radius 1 is 1.00 bits per heavy atom. The summed E-state index contributed by atoms with van der Waals surface area (Å²) in [6.45, 7) is 3.35. The summed E-state index contributed by atoms with van der Waals surface area (Å²) in [6, 6.07) is 3.63. The monoisotopic (exact) mass is 379 g/mol. The Hall–Kier alpha value is -3.10. The molecule has 3 aromatic rings. The van der Waals surface area contributed by atoms with Crippen LogP contribution in [-0.2, 0) is 0 Å². The van der Waals surface area contributed by atoms with Crippen molar-refractivity contribution in [1.29, 1.82) is 0 Å². The summed E-state index contributed by atoms with van der Waals surface area (Å²) in [6.07, 6.45) is 7.39. The van der Waals surface area contributed by atoms with E-state index in [0.717, 1.165) is 57.0 Å². The number of nitrogens with zero attached hydrogens (tertiary/aromatic N) is 7. The van der Waals surface area contributed by atoms with Crippen molar-refractivity contribution in [2.75, 3.05) is 36.0 Å². The first-order chi connectivity index (χ1) is 13.8. The lowest BCUT2D eigenvalue weighted by atomic mass is 9.90. The minimum Gasteiger partial charge on any atom is -0.353 e. The smallest absolute Gasteiger partial charge is 0.245 e. The Bertz CT molecular complexity index is 984. The van der Waals surface area contributed by atoms with Crippen LogP contribution in [-0.4, -0.2) is 57.2 Å². The first-order valence-electron chi connectivity index (χ1n) is 9.74. The molecule has 28 heavy (non-hydrogen) atoms. The zero-order valence-corrected chi connectivity index (χ0v) is 15.5. The molecule has 2 aliphatic rings. The first-order valence-corrected chi connectivity index (χ1v) is 9.74. The molecular weight excluding hydrogens is 358 g/mol. The fourth-order valence-electron chi connectivity index (χ4n) is 4.10. The summed E-state index contributed by atoms with van der Waals surface area (Å²) in [4.78, 5) is 30.8. The van der Waals surface area contributed by atoms with Crippen LogP contribution in [0.2, 0.25) is 0 Å². The molecule has 1 atom stereocenters. The van der Waals surface area contributed by atoms with Crippen LogP contribution < -0.4 is 9.80 Å². The maximum atomic E-state index is 12.9. The number of ketones is 1. The Kier molecular flexibility index (Phi) is 4.34. The van der Waals surface area contributed by atoms with Crippen LogP contribution in [0.3, 0.4) is 0 Å². The number of aromatic nitrogens is 5. The largest absolute Gasteiger partial charge is 0.353 e. The molecule has 2 aliphatic heterocycles. The van der Waals surface area contributed by atoms with Crippen molar-refractivity contribution in [3.63, 3.8) is 0 Å². The van der Waals surface area contributed by atoms with Crippen molar-refractivity contribution in [1.82, 2.24) is 25.3 Å². The molecule has 0 saturated carbocycles. The van der Waals surface area contributed by atoms with Gasteiger partial charge in [0.1, 0.15) is 0 Å². The average Bonchev–Trinajstić information content (AvgIpc) is 3.44. The fraction of sp³-hybridized carbons (Fsp3) is 0.474. The third-order valence-corrected chi connectivity index (χ3v) is 5.52. The summed E-state index contributed by atoms with van der Waals surface area (Å²) < 4.78 is 4.82. The third-order valence-electron chi connectivity index (χ3n) is 5.52. The number of Topliss-reactive ketones (excluding diaryl/α,β-unsaturated/α-hetero) is 1. The maximum Gasteiger partial charge on any atom is 0.245 e. The molecule has 1 unspecified atom stereocenters. The molecule has 0 spiro atoms. The van der Waals surface area contributed by atoms with Crippen molar-refractivity contribution in [3.05, 3.63) is 30.1 Å². The maximum absolute atomic E-state index is 12.9. The van der Waals surface area contributed by atoms with Crippen LogP contribution in [0, 0.1) is 5.92 Å². The number of hydrogen-bond donors (Lipinski definition) is 0. The zero-order chi connectivity index (χ0) is 18.9.